The quantitative estimate of drug-likeness (QED) is 0.289. The molecule has 2 heterocycles. The molecular formula is C28H34N4O7. The molecule has 0 spiro atoms. The minimum Gasteiger partial charge on any atom is -0.490 e. The van der Waals surface area contributed by atoms with Crippen LogP contribution in [-0.2, 0) is 16.0 Å². The molecule has 2 aromatic heterocycles. The number of ether oxygens (including phenoxy) is 2. The van der Waals surface area contributed by atoms with Gasteiger partial charge < -0.3 is 29.9 Å². The molecule has 11 nitrogen and oxygen atoms in total. The molecule has 4 N–H and O–H groups in total. The number of hydrogen-bond acceptors (Lipinski definition) is 9. The molecule has 0 radical (unpaired) electrons. The van der Waals surface area contributed by atoms with Crippen molar-refractivity contribution < 1.29 is 33.8 Å². The molecule has 1 aliphatic carbocycles. The summed E-state index contributed by atoms with van der Waals surface area (Å²) in [7, 11) is 1.59. The molecule has 39 heavy (non-hydrogen) atoms. The third kappa shape index (κ3) is 6.54. The number of nitrogens with zero attached hydrogens (tertiary/aromatic N) is 3. The first-order valence-electron chi connectivity index (χ1n) is 13.1. The van der Waals surface area contributed by atoms with E-state index < -0.39 is 23.9 Å². The highest BCUT2D eigenvalue weighted by Gasteiger charge is 2.27. The Balaban J connectivity index is 1.54. The predicted molar refractivity (Wildman–Crippen MR) is 141 cm³/mol. The van der Waals surface area contributed by atoms with Gasteiger partial charge in [0.05, 0.1) is 13.2 Å². The van der Waals surface area contributed by atoms with Gasteiger partial charge in [-0.15, -0.1) is 0 Å². The summed E-state index contributed by atoms with van der Waals surface area (Å²) in [6.45, 7) is 3.63. The molecule has 208 valence electrons. The van der Waals surface area contributed by atoms with Crippen LogP contribution in [0.4, 0.5) is 0 Å². The van der Waals surface area contributed by atoms with Crippen molar-refractivity contribution >= 4 is 11.9 Å². The van der Waals surface area contributed by atoms with Crippen molar-refractivity contribution in [3.63, 3.8) is 0 Å². The zero-order valence-electron chi connectivity index (χ0n) is 22.3. The number of aliphatic hydroxyl groups excluding tert-OH is 1. The number of aromatic nitrogens is 3. The molecule has 3 aromatic rings. The SMILES string of the molecule is CCc1cc(-c2noc(-c3cc(OC)nc(C4CCCC4)c3)n2)cc(C)c1OC[C@@H](O)CC(C(N)=O)C(=O)O. The zero-order chi connectivity index (χ0) is 28.1. The fraction of sp³-hybridized carbons (Fsp3) is 0.464. The van der Waals surface area contributed by atoms with Gasteiger partial charge in [-0.3, -0.25) is 9.59 Å². The summed E-state index contributed by atoms with van der Waals surface area (Å²) in [5.74, 6) is -1.62. The number of pyridine rings is 1. The number of hydrogen-bond donors (Lipinski definition) is 3. The number of carbonyl (C=O) groups is 2. The van der Waals surface area contributed by atoms with Crippen molar-refractivity contribution in [1.29, 1.82) is 0 Å². The molecule has 2 atom stereocenters. The van der Waals surface area contributed by atoms with E-state index in [0.29, 0.717) is 35.7 Å². The van der Waals surface area contributed by atoms with Crippen LogP contribution in [0.25, 0.3) is 22.8 Å². The van der Waals surface area contributed by atoms with Gasteiger partial charge in [0.25, 0.3) is 5.89 Å². The van der Waals surface area contributed by atoms with Crippen molar-refractivity contribution in [1.82, 2.24) is 15.1 Å². The van der Waals surface area contributed by atoms with Gasteiger partial charge in [0, 0.05) is 28.8 Å². The number of aliphatic carboxylic acids is 1. The summed E-state index contributed by atoms with van der Waals surface area (Å²) in [6.07, 6.45) is 3.69. The molecule has 1 fully saturated rings. The number of rotatable bonds is 12. The van der Waals surface area contributed by atoms with Crippen molar-refractivity contribution in [2.45, 2.75) is 64.4 Å². The average molecular weight is 539 g/mol. The van der Waals surface area contributed by atoms with Crippen molar-refractivity contribution in [2.24, 2.45) is 11.7 Å². The van der Waals surface area contributed by atoms with Gasteiger partial charge in [-0.25, -0.2) is 4.98 Å². The Labute approximate surface area is 226 Å². The maximum Gasteiger partial charge on any atom is 0.316 e. The number of aliphatic hydroxyl groups is 1. The highest BCUT2D eigenvalue weighted by Crippen LogP contribution is 2.36. The largest absolute Gasteiger partial charge is 0.490 e. The molecule has 0 bridgehead atoms. The average Bonchev–Trinajstić information content (AvgIpc) is 3.63. The maximum atomic E-state index is 11.3. The van der Waals surface area contributed by atoms with Gasteiger partial charge in [-0.2, -0.15) is 4.98 Å². The zero-order valence-corrected chi connectivity index (χ0v) is 22.3. The third-order valence-corrected chi connectivity index (χ3v) is 7.04. The van der Waals surface area contributed by atoms with E-state index in [1.54, 1.807) is 13.2 Å². The second kappa shape index (κ2) is 12.2. The van der Waals surface area contributed by atoms with Crippen LogP contribution in [0.15, 0.2) is 28.8 Å². The normalized spacial score (nSPS) is 15.2. The summed E-state index contributed by atoms with van der Waals surface area (Å²) < 4.78 is 16.9. The standard InChI is InChI=1S/C28H34N4O7/c1-4-16-10-18(9-15(2)24(16)38-14-20(33)13-21(25(29)34)28(35)36)26-31-27(39-32-26)19-11-22(17-7-5-6-8-17)30-23(12-19)37-3/h9-12,17,20-21,33H,4-8,13-14H2,1-3H3,(H2,29,34)(H,35,36)/t20-,21?/m0/s1. The van der Waals surface area contributed by atoms with E-state index >= 15 is 0 Å². The molecule has 0 saturated heterocycles. The fourth-order valence-electron chi connectivity index (χ4n) is 4.95. The Morgan fingerprint density at radius 1 is 1.15 bits per heavy atom. The Hall–Kier alpha value is -3.99. The lowest BCUT2D eigenvalue weighted by molar-refractivity contribution is -0.147. The number of benzene rings is 1. The number of carboxylic acids is 1. The summed E-state index contributed by atoms with van der Waals surface area (Å²) >= 11 is 0. The van der Waals surface area contributed by atoms with Crippen LogP contribution >= 0.6 is 0 Å². The smallest absolute Gasteiger partial charge is 0.316 e. The van der Waals surface area contributed by atoms with E-state index in [-0.39, 0.29) is 13.0 Å². The van der Waals surface area contributed by atoms with Gasteiger partial charge in [-0.1, -0.05) is 24.9 Å². The molecule has 11 heteroatoms. The highest BCUT2D eigenvalue weighted by atomic mass is 16.5. The van der Waals surface area contributed by atoms with Crippen LogP contribution in [0, 0.1) is 12.8 Å². The lowest BCUT2D eigenvalue weighted by Gasteiger charge is -2.18. The third-order valence-electron chi connectivity index (χ3n) is 7.04. The van der Waals surface area contributed by atoms with E-state index in [0.717, 1.165) is 40.8 Å². The fourth-order valence-corrected chi connectivity index (χ4v) is 4.95. The van der Waals surface area contributed by atoms with Crippen LogP contribution < -0.4 is 15.2 Å². The molecule has 4 rings (SSSR count). The summed E-state index contributed by atoms with van der Waals surface area (Å²) in [5.41, 5.74) is 9.21. The first-order chi connectivity index (χ1) is 18.7. The van der Waals surface area contributed by atoms with Crippen LogP contribution in [0.2, 0.25) is 0 Å². The molecular weight excluding hydrogens is 504 g/mol. The van der Waals surface area contributed by atoms with Gasteiger partial charge in [0.1, 0.15) is 18.3 Å². The number of methoxy groups -OCH3 is 1. The Kier molecular flexibility index (Phi) is 8.80. The highest BCUT2D eigenvalue weighted by molar-refractivity contribution is 5.96. The number of amides is 1. The van der Waals surface area contributed by atoms with Crippen molar-refractivity contribution in [2.75, 3.05) is 13.7 Å². The second-order valence-electron chi connectivity index (χ2n) is 9.86. The summed E-state index contributed by atoms with van der Waals surface area (Å²) in [5, 5.41) is 23.6. The predicted octanol–water partition coefficient (Wildman–Crippen LogP) is 3.65. The molecule has 1 unspecified atom stereocenters. The first-order valence-corrected chi connectivity index (χ1v) is 13.1. The molecule has 1 aliphatic rings. The van der Waals surface area contributed by atoms with E-state index in [9.17, 15) is 14.7 Å². The van der Waals surface area contributed by atoms with Crippen molar-refractivity contribution in [3.05, 3.63) is 41.1 Å². The topological polar surface area (TPSA) is 171 Å². The monoisotopic (exact) mass is 538 g/mol. The van der Waals surface area contributed by atoms with E-state index in [2.05, 4.69) is 15.1 Å². The maximum absolute atomic E-state index is 11.3. The minimum atomic E-state index is -1.49. The summed E-state index contributed by atoms with van der Waals surface area (Å²) in [6, 6.07) is 7.53. The van der Waals surface area contributed by atoms with Gasteiger partial charge in [-0.05, 0) is 61.9 Å². The van der Waals surface area contributed by atoms with Gasteiger partial charge in [0.15, 0.2) is 0 Å². The summed E-state index contributed by atoms with van der Waals surface area (Å²) in [4.78, 5) is 31.8. The van der Waals surface area contributed by atoms with Gasteiger partial charge in [0.2, 0.25) is 17.6 Å². The van der Waals surface area contributed by atoms with E-state index in [1.807, 2.05) is 32.0 Å². The minimum absolute atomic E-state index is 0.191. The molecule has 0 aliphatic heterocycles. The molecule has 1 aromatic carbocycles. The lowest BCUT2D eigenvalue weighted by atomic mass is 10.0. The van der Waals surface area contributed by atoms with Crippen molar-refractivity contribution in [3.8, 4) is 34.5 Å². The number of carboxylic acid groups (broad SMARTS) is 1. The second-order valence-corrected chi connectivity index (χ2v) is 9.86. The van der Waals surface area contributed by atoms with E-state index in [1.165, 1.54) is 12.8 Å². The Bertz CT molecular complexity index is 1320. The van der Waals surface area contributed by atoms with Gasteiger partial charge >= 0.3 is 5.97 Å². The lowest BCUT2D eigenvalue weighted by Crippen LogP contribution is -2.35. The van der Waals surface area contributed by atoms with E-state index in [4.69, 9.17) is 24.8 Å². The van der Waals surface area contributed by atoms with Crippen LogP contribution in [-0.4, -0.2) is 57.0 Å². The van der Waals surface area contributed by atoms with Crippen LogP contribution in [0.3, 0.4) is 0 Å². The molecule has 1 saturated carbocycles. The number of nitrogens with two attached hydrogens (primary N) is 1. The number of carbonyl (C=O) groups excluding carboxylic acids is 1. The number of primary amides is 1. The number of aryl methyl sites for hydroxylation is 2. The van der Waals surface area contributed by atoms with Crippen LogP contribution in [0.5, 0.6) is 11.6 Å². The Morgan fingerprint density at radius 2 is 1.90 bits per heavy atom. The molecule has 1 amide bonds. The Morgan fingerprint density at radius 3 is 2.54 bits per heavy atom. The van der Waals surface area contributed by atoms with Crippen LogP contribution in [0.1, 0.15) is 61.8 Å². The first kappa shape index (κ1) is 28.0.